The van der Waals surface area contributed by atoms with E-state index in [2.05, 4.69) is 24.7 Å². The molecule has 2 fully saturated rings. The van der Waals surface area contributed by atoms with Gasteiger partial charge in [-0.25, -0.2) is 4.98 Å². The number of aromatic nitrogens is 5. The molecule has 6 nitrogen and oxygen atoms in total. The highest BCUT2D eigenvalue weighted by Gasteiger charge is 2.36. The van der Waals surface area contributed by atoms with Crippen molar-refractivity contribution in [1.29, 1.82) is 0 Å². The van der Waals surface area contributed by atoms with Gasteiger partial charge in [0.15, 0.2) is 5.16 Å². The second-order valence-corrected chi connectivity index (χ2v) is 6.29. The van der Waals surface area contributed by atoms with Crippen LogP contribution in [0.2, 0.25) is 0 Å². The van der Waals surface area contributed by atoms with Crippen molar-refractivity contribution in [2.75, 3.05) is 0 Å². The van der Waals surface area contributed by atoms with E-state index in [4.69, 9.17) is 5.73 Å². The predicted octanol–water partition coefficient (Wildman–Crippen LogP) is 1.89. The van der Waals surface area contributed by atoms with E-state index in [1.807, 2.05) is 0 Å². The molecule has 2 aliphatic carbocycles. The molecule has 0 unspecified atom stereocenters. The number of nitrogens with zero attached hydrogens (tertiary/aromatic N) is 5. The molecule has 0 atom stereocenters. The van der Waals surface area contributed by atoms with Gasteiger partial charge in [0, 0.05) is 30.9 Å². The highest BCUT2D eigenvalue weighted by molar-refractivity contribution is 7.99. The van der Waals surface area contributed by atoms with Gasteiger partial charge in [0.2, 0.25) is 0 Å². The van der Waals surface area contributed by atoms with Crippen LogP contribution in [0.15, 0.2) is 22.6 Å². The van der Waals surface area contributed by atoms with Gasteiger partial charge in [0.25, 0.3) is 0 Å². The molecule has 2 N–H and O–H groups in total. The van der Waals surface area contributed by atoms with Gasteiger partial charge in [-0.1, -0.05) is 0 Å². The van der Waals surface area contributed by atoms with Crippen LogP contribution in [0.4, 0.5) is 0 Å². The number of rotatable bonds is 5. The van der Waals surface area contributed by atoms with Crippen molar-refractivity contribution in [3.8, 4) is 0 Å². The van der Waals surface area contributed by atoms with Crippen molar-refractivity contribution in [1.82, 2.24) is 24.7 Å². The molecule has 2 aliphatic rings. The molecule has 0 radical (unpaired) electrons. The van der Waals surface area contributed by atoms with Gasteiger partial charge in [-0.3, -0.25) is 4.98 Å². The van der Waals surface area contributed by atoms with Crippen LogP contribution in [0, 0.1) is 0 Å². The molecule has 7 heteroatoms. The summed E-state index contributed by atoms with van der Waals surface area (Å²) < 4.78 is 2.32. The van der Waals surface area contributed by atoms with Gasteiger partial charge in [-0.2, -0.15) is 0 Å². The van der Waals surface area contributed by atoms with Crippen LogP contribution in [-0.2, 0) is 6.54 Å². The zero-order chi connectivity index (χ0) is 13.5. The van der Waals surface area contributed by atoms with E-state index >= 15 is 0 Å². The Morgan fingerprint density at radius 3 is 2.65 bits per heavy atom. The fourth-order valence-electron chi connectivity index (χ4n) is 2.32. The van der Waals surface area contributed by atoms with Crippen molar-refractivity contribution in [2.24, 2.45) is 5.73 Å². The first-order chi connectivity index (χ1) is 9.86. The topological polar surface area (TPSA) is 82.5 Å². The fourth-order valence-corrected chi connectivity index (χ4v) is 3.28. The average Bonchev–Trinajstić information content (AvgIpc) is 3.39. The summed E-state index contributed by atoms with van der Waals surface area (Å²) in [6, 6.07) is 0.584. The van der Waals surface area contributed by atoms with Crippen LogP contribution in [0.5, 0.6) is 0 Å². The smallest absolute Gasteiger partial charge is 0.197 e. The summed E-state index contributed by atoms with van der Waals surface area (Å²) in [5, 5.41) is 10.6. The van der Waals surface area contributed by atoms with Gasteiger partial charge >= 0.3 is 0 Å². The first kappa shape index (κ1) is 12.3. The molecule has 0 bridgehead atoms. The Balaban J connectivity index is 1.68. The minimum Gasteiger partial charge on any atom is -0.325 e. The van der Waals surface area contributed by atoms with Crippen LogP contribution in [-0.4, -0.2) is 24.7 Å². The minimum atomic E-state index is 0.392. The molecule has 4 rings (SSSR count). The molecule has 104 valence electrons. The second kappa shape index (κ2) is 4.82. The third-order valence-corrected chi connectivity index (χ3v) is 4.66. The average molecular weight is 288 g/mol. The van der Waals surface area contributed by atoms with E-state index in [0.717, 1.165) is 21.7 Å². The molecular formula is C13H16N6S. The monoisotopic (exact) mass is 288 g/mol. The normalized spacial score (nSPS) is 18.4. The first-order valence-corrected chi connectivity index (χ1v) is 7.81. The lowest BCUT2D eigenvalue weighted by Gasteiger charge is -2.08. The van der Waals surface area contributed by atoms with Crippen molar-refractivity contribution >= 4 is 11.8 Å². The van der Waals surface area contributed by atoms with Crippen LogP contribution in [0.1, 0.15) is 49.2 Å². The third-order valence-electron chi connectivity index (χ3n) is 3.66. The summed E-state index contributed by atoms with van der Waals surface area (Å²) in [6.07, 6.45) is 8.32. The van der Waals surface area contributed by atoms with Gasteiger partial charge in [-0.15, -0.1) is 10.2 Å². The van der Waals surface area contributed by atoms with Gasteiger partial charge < -0.3 is 10.3 Å². The van der Waals surface area contributed by atoms with Gasteiger partial charge in [-0.05, 0) is 37.4 Å². The summed E-state index contributed by atoms with van der Waals surface area (Å²) in [4.78, 5) is 8.65. The zero-order valence-corrected chi connectivity index (χ0v) is 11.9. The molecule has 20 heavy (non-hydrogen) atoms. The van der Waals surface area contributed by atoms with E-state index in [1.54, 1.807) is 12.4 Å². The quantitative estimate of drug-likeness (QED) is 0.904. The number of hydrogen-bond donors (Lipinski definition) is 1. The Hall–Kier alpha value is -1.47. The summed E-state index contributed by atoms with van der Waals surface area (Å²) >= 11 is 1.54. The third kappa shape index (κ3) is 2.20. The molecule has 0 aromatic carbocycles. The lowest BCUT2D eigenvalue weighted by molar-refractivity contribution is 0.626. The van der Waals surface area contributed by atoms with Crippen LogP contribution in [0.3, 0.4) is 0 Å². The Morgan fingerprint density at radius 1 is 1.15 bits per heavy atom. The lowest BCUT2D eigenvalue weighted by atomic mass is 10.4. The molecule has 2 saturated carbocycles. The summed E-state index contributed by atoms with van der Waals surface area (Å²) in [7, 11) is 0. The van der Waals surface area contributed by atoms with Crippen molar-refractivity contribution in [3.05, 3.63) is 23.9 Å². The number of hydrogen-bond acceptors (Lipinski definition) is 6. The van der Waals surface area contributed by atoms with Crippen molar-refractivity contribution < 1.29 is 0 Å². The van der Waals surface area contributed by atoms with E-state index in [1.165, 1.54) is 37.4 Å². The summed E-state index contributed by atoms with van der Waals surface area (Å²) in [5.41, 5.74) is 6.53. The van der Waals surface area contributed by atoms with Crippen molar-refractivity contribution in [2.45, 2.75) is 54.4 Å². The first-order valence-electron chi connectivity index (χ1n) is 6.99. The summed E-state index contributed by atoms with van der Waals surface area (Å²) in [5.74, 6) is 1.78. The molecule has 0 saturated heterocycles. The SMILES string of the molecule is NCc1nccnc1Sc1nnc(C2CC2)n1C1CC1. The van der Waals surface area contributed by atoms with E-state index in [-0.39, 0.29) is 0 Å². The maximum Gasteiger partial charge on any atom is 0.197 e. The maximum absolute atomic E-state index is 5.72. The largest absolute Gasteiger partial charge is 0.325 e. The Bertz CT molecular complexity index is 632. The molecular weight excluding hydrogens is 272 g/mol. The standard InChI is InChI=1S/C13H16N6S/c14-7-10-12(16-6-5-15-10)20-13-18-17-11(8-1-2-8)19(13)9-3-4-9/h5-6,8-9H,1-4,7,14H2. The number of nitrogens with two attached hydrogens (primary N) is 1. The second-order valence-electron chi connectivity index (χ2n) is 5.33. The van der Waals surface area contributed by atoms with Crippen LogP contribution < -0.4 is 5.73 Å². The fraction of sp³-hybridized carbons (Fsp3) is 0.538. The minimum absolute atomic E-state index is 0.392. The van der Waals surface area contributed by atoms with Gasteiger partial charge in [0.05, 0.1) is 5.69 Å². The predicted molar refractivity (Wildman–Crippen MR) is 74.3 cm³/mol. The Labute approximate surface area is 121 Å². The molecule has 2 aromatic heterocycles. The lowest BCUT2D eigenvalue weighted by Crippen LogP contribution is -2.05. The van der Waals surface area contributed by atoms with E-state index < -0.39 is 0 Å². The Kier molecular flexibility index (Phi) is 2.96. The van der Waals surface area contributed by atoms with E-state index in [9.17, 15) is 0 Å². The highest BCUT2D eigenvalue weighted by Crippen LogP contribution is 2.46. The van der Waals surface area contributed by atoms with Crippen molar-refractivity contribution in [3.63, 3.8) is 0 Å². The molecule has 2 aromatic rings. The zero-order valence-electron chi connectivity index (χ0n) is 11.1. The highest BCUT2D eigenvalue weighted by atomic mass is 32.2. The van der Waals surface area contributed by atoms with Crippen LogP contribution in [0.25, 0.3) is 0 Å². The molecule has 2 heterocycles. The van der Waals surface area contributed by atoms with E-state index in [0.29, 0.717) is 18.5 Å². The van der Waals surface area contributed by atoms with Crippen LogP contribution >= 0.6 is 11.8 Å². The Morgan fingerprint density at radius 2 is 1.95 bits per heavy atom. The van der Waals surface area contributed by atoms with Gasteiger partial charge in [0.1, 0.15) is 10.9 Å². The summed E-state index contributed by atoms with van der Waals surface area (Å²) in [6.45, 7) is 0.392. The molecule has 0 spiro atoms. The molecule has 0 amide bonds. The molecule has 0 aliphatic heterocycles. The maximum atomic E-state index is 5.72.